The molecule has 0 aromatic heterocycles. The largest absolute Gasteiger partial charge is 0.417 e. The Morgan fingerprint density at radius 1 is 1.33 bits per heavy atom. The first-order chi connectivity index (χ1) is 11.1. The molecule has 1 aliphatic heterocycles. The number of nitrogens with one attached hydrogen (secondary N) is 1. The van der Waals surface area contributed by atoms with E-state index in [0.29, 0.717) is 5.56 Å². The standard InChI is InChI=1S/C14H16F3N3O4/c15-14(16,17)13(22)5-7-19(8-6-13)12(21)18-9-10-3-1-2-4-11(10)20(23)24/h1-4,22H,5-9H2,(H,18,21). The van der Waals surface area contributed by atoms with Crippen molar-refractivity contribution in [3.63, 3.8) is 0 Å². The summed E-state index contributed by atoms with van der Waals surface area (Å²) in [7, 11) is 0. The Labute approximate surface area is 135 Å². The first kappa shape index (κ1) is 18.0. The number of nitro groups is 1. The molecule has 132 valence electrons. The number of nitro benzene ring substituents is 1. The van der Waals surface area contributed by atoms with Crippen LogP contribution in [0.15, 0.2) is 24.3 Å². The van der Waals surface area contributed by atoms with Crippen molar-refractivity contribution in [1.82, 2.24) is 10.2 Å². The van der Waals surface area contributed by atoms with Crippen molar-refractivity contribution in [2.45, 2.75) is 31.2 Å². The van der Waals surface area contributed by atoms with Gasteiger partial charge in [0.05, 0.1) is 11.5 Å². The topological polar surface area (TPSA) is 95.7 Å². The Morgan fingerprint density at radius 2 is 1.92 bits per heavy atom. The minimum Gasteiger partial charge on any atom is -0.380 e. The number of rotatable bonds is 3. The minimum absolute atomic E-state index is 0.115. The molecule has 0 bridgehead atoms. The second kappa shape index (κ2) is 6.63. The summed E-state index contributed by atoms with van der Waals surface area (Å²) < 4.78 is 38.1. The van der Waals surface area contributed by atoms with Gasteiger partial charge >= 0.3 is 12.2 Å². The van der Waals surface area contributed by atoms with Gasteiger partial charge in [-0.15, -0.1) is 0 Å². The fourth-order valence-corrected chi connectivity index (χ4v) is 2.48. The highest BCUT2D eigenvalue weighted by Gasteiger charge is 2.54. The number of carbonyl (C=O) groups is 1. The molecule has 1 aromatic carbocycles. The minimum atomic E-state index is -4.74. The highest BCUT2D eigenvalue weighted by Crippen LogP contribution is 2.38. The van der Waals surface area contributed by atoms with Gasteiger partial charge in [-0.2, -0.15) is 13.2 Å². The molecule has 1 saturated heterocycles. The molecular weight excluding hydrogens is 331 g/mol. The van der Waals surface area contributed by atoms with E-state index < -0.39 is 35.6 Å². The molecule has 0 spiro atoms. The maximum Gasteiger partial charge on any atom is 0.417 e. The van der Waals surface area contributed by atoms with Gasteiger partial charge in [0, 0.05) is 37.6 Å². The predicted octanol–water partition coefficient (Wildman–Crippen LogP) is 2.19. The van der Waals surface area contributed by atoms with Crippen molar-refractivity contribution in [3.8, 4) is 0 Å². The van der Waals surface area contributed by atoms with E-state index in [1.807, 2.05) is 0 Å². The number of amides is 2. The van der Waals surface area contributed by atoms with Crippen molar-refractivity contribution < 1.29 is 28.0 Å². The van der Waals surface area contributed by atoms with Gasteiger partial charge in [-0.05, 0) is 0 Å². The fourth-order valence-electron chi connectivity index (χ4n) is 2.48. The molecule has 0 aliphatic carbocycles. The number of para-hydroxylation sites is 1. The number of hydrogen-bond donors (Lipinski definition) is 2. The Hall–Kier alpha value is -2.36. The number of halogens is 3. The molecule has 2 amide bonds. The van der Waals surface area contributed by atoms with Crippen LogP contribution in [0, 0.1) is 10.1 Å². The highest BCUT2D eigenvalue weighted by molar-refractivity contribution is 5.74. The van der Waals surface area contributed by atoms with Gasteiger partial charge in [0.15, 0.2) is 5.60 Å². The number of urea groups is 1. The lowest BCUT2D eigenvalue weighted by atomic mass is 9.91. The van der Waals surface area contributed by atoms with Gasteiger partial charge in [-0.3, -0.25) is 10.1 Å². The van der Waals surface area contributed by atoms with E-state index in [0.717, 1.165) is 4.90 Å². The summed E-state index contributed by atoms with van der Waals surface area (Å²) in [5.74, 6) is 0. The SMILES string of the molecule is O=C(NCc1ccccc1[N+](=O)[O-])N1CCC(O)(C(F)(F)F)CC1. The first-order valence-corrected chi connectivity index (χ1v) is 7.18. The zero-order chi connectivity index (χ0) is 18.0. The summed E-state index contributed by atoms with van der Waals surface area (Å²) in [5.41, 5.74) is -2.63. The van der Waals surface area contributed by atoms with Crippen LogP contribution in [0.5, 0.6) is 0 Å². The van der Waals surface area contributed by atoms with E-state index in [9.17, 15) is 33.2 Å². The van der Waals surface area contributed by atoms with Crippen LogP contribution < -0.4 is 5.32 Å². The van der Waals surface area contributed by atoms with Crippen molar-refractivity contribution >= 4 is 11.7 Å². The third-order valence-electron chi connectivity index (χ3n) is 4.02. The first-order valence-electron chi connectivity index (χ1n) is 7.18. The Balaban J connectivity index is 1.92. The monoisotopic (exact) mass is 347 g/mol. The molecule has 10 heteroatoms. The van der Waals surface area contributed by atoms with Crippen molar-refractivity contribution in [2.75, 3.05) is 13.1 Å². The zero-order valence-corrected chi connectivity index (χ0v) is 12.5. The second-order valence-corrected chi connectivity index (χ2v) is 5.56. The van der Waals surface area contributed by atoms with Gasteiger partial charge in [0.25, 0.3) is 5.69 Å². The van der Waals surface area contributed by atoms with Crippen LogP contribution in [0.2, 0.25) is 0 Å². The number of aliphatic hydroxyl groups is 1. The van der Waals surface area contributed by atoms with Crippen LogP contribution in [-0.2, 0) is 6.54 Å². The van der Waals surface area contributed by atoms with E-state index in [1.165, 1.54) is 18.2 Å². The number of hydrogen-bond acceptors (Lipinski definition) is 4. The molecule has 2 N–H and O–H groups in total. The highest BCUT2D eigenvalue weighted by atomic mass is 19.4. The average molecular weight is 347 g/mol. The van der Waals surface area contributed by atoms with Crippen molar-refractivity contribution in [3.05, 3.63) is 39.9 Å². The molecular formula is C14H16F3N3O4. The summed E-state index contributed by atoms with van der Waals surface area (Å²) in [6, 6.07) is 5.23. The van der Waals surface area contributed by atoms with Gasteiger partial charge in [-0.25, -0.2) is 4.79 Å². The maximum absolute atomic E-state index is 12.7. The molecule has 0 unspecified atom stereocenters. The maximum atomic E-state index is 12.7. The molecule has 1 heterocycles. The third-order valence-corrected chi connectivity index (χ3v) is 4.02. The van der Waals surface area contributed by atoms with Gasteiger partial charge in [0.1, 0.15) is 0 Å². The number of alkyl halides is 3. The Bertz CT molecular complexity index is 628. The molecule has 0 atom stereocenters. The van der Waals surface area contributed by atoms with Crippen molar-refractivity contribution in [1.29, 1.82) is 0 Å². The predicted molar refractivity (Wildman–Crippen MR) is 77.1 cm³/mol. The summed E-state index contributed by atoms with van der Waals surface area (Å²) in [5, 5.41) is 22.9. The van der Waals surface area contributed by atoms with Crippen LogP contribution >= 0.6 is 0 Å². The number of carbonyl (C=O) groups excluding carboxylic acids is 1. The van der Waals surface area contributed by atoms with Crippen LogP contribution in [-0.4, -0.2) is 45.8 Å². The van der Waals surface area contributed by atoms with Crippen molar-refractivity contribution in [2.24, 2.45) is 0 Å². The normalized spacial score (nSPS) is 17.4. The summed E-state index contributed by atoms with van der Waals surface area (Å²) >= 11 is 0. The second-order valence-electron chi connectivity index (χ2n) is 5.56. The fraction of sp³-hybridized carbons (Fsp3) is 0.500. The Kier molecular flexibility index (Phi) is 4.97. The van der Waals surface area contributed by atoms with E-state index in [4.69, 9.17) is 0 Å². The summed E-state index contributed by atoms with van der Waals surface area (Å²) in [4.78, 5) is 23.4. The average Bonchev–Trinajstić information content (AvgIpc) is 2.52. The third kappa shape index (κ3) is 3.75. The van der Waals surface area contributed by atoms with Gasteiger partial charge in [0.2, 0.25) is 0 Å². The Morgan fingerprint density at radius 3 is 2.46 bits per heavy atom. The van der Waals surface area contributed by atoms with Gasteiger partial charge in [-0.1, -0.05) is 18.2 Å². The molecule has 7 nitrogen and oxygen atoms in total. The quantitative estimate of drug-likeness (QED) is 0.647. The van der Waals surface area contributed by atoms with E-state index in [1.54, 1.807) is 6.07 Å². The molecule has 1 aromatic rings. The van der Waals surface area contributed by atoms with E-state index >= 15 is 0 Å². The number of piperidine rings is 1. The summed E-state index contributed by atoms with van der Waals surface area (Å²) in [6.45, 7) is -0.618. The van der Waals surface area contributed by atoms with Gasteiger partial charge < -0.3 is 15.3 Å². The molecule has 0 saturated carbocycles. The van der Waals surface area contributed by atoms with E-state index in [2.05, 4.69) is 5.32 Å². The zero-order valence-electron chi connectivity index (χ0n) is 12.5. The number of likely N-dealkylation sites (tertiary alicyclic amines) is 1. The number of nitrogens with zero attached hydrogens (tertiary/aromatic N) is 2. The molecule has 1 fully saturated rings. The lowest BCUT2D eigenvalue weighted by Crippen LogP contribution is -2.55. The lowest BCUT2D eigenvalue weighted by molar-refractivity contribution is -0.385. The molecule has 2 rings (SSSR count). The molecule has 24 heavy (non-hydrogen) atoms. The lowest BCUT2D eigenvalue weighted by Gasteiger charge is -2.38. The molecule has 1 aliphatic rings. The van der Waals surface area contributed by atoms with Crippen LogP contribution in [0.3, 0.4) is 0 Å². The van der Waals surface area contributed by atoms with E-state index in [-0.39, 0.29) is 25.3 Å². The van der Waals surface area contributed by atoms with Crippen LogP contribution in [0.4, 0.5) is 23.7 Å². The number of benzene rings is 1. The summed E-state index contributed by atoms with van der Waals surface area (Å²) in [6.07, 6.45) is -5.94. The van der Waals surface area contributed by atoms with Crippen LogP contribution in [0.25, 0.3) is 0 Å². The smallest absolute Gasteiger partial charge is 0.380 e. The van der Waals surface area contributed by atoms with Crippen LogP contribution in [0.1, 0.15) is 18.4 Å². The molecule has 0 radical (unpaired) electrons.